The molecule has 1 aromatic carbocycles. The van der Waals surface area contributed by atoms with E-state index in [-0.39, 0.29) is 18.0 Å². The second-order valence-corrected chi connectivity index (χ2v) is 10.7. The monoisotopic (exact) mass is 540 g/mol. The summed E-state index contributed by atoms with van der Waals surface area (Å²) in [5, 5.41) is 3.92. The van der Waals surface area contributed by atoms with Crippen molar-refractivity contribution in [1.29, 1.82) is 0 Å². The number of halogens is 1. The summed E-state index contributed by atoms with van der Waals surface area (Å²) >= 11 is 13.0. The van der Waals surface area contributed by atoms with E-state index in [0.717, 1.165) is 18.4 Å². The minimum atomic E-state index is -0.246. The maximum Gasteiger partial charge on any atom is 0.267 e. The second kappa shape index (κ2) is 12.5. The van der Waals surface area contributed by atoms with Gasteiger partial charge in [0.2, 0.25) is 0 Å². The Morgan fingerprint density at radius 1 is 1.06 bits per heavy atom. The van der Waals surface area contributed by atoms with E-state index in [1.165, 1.54) is 46.7 Å². The quantitative estimate of drug-likeness (QED) is 0.170. The van der Waals surface area contributed by atoms with Crippen LogP contribution < -0.4 is 10.9 Å². The zero-order valence-corrected chi connectivity index (χ0v) is 22.6. The van der Waals surface area contributed by atoms with Crippen LogP contribution in [0.4, 0.5) is 5.82 Å². The van der Waals surface area contributed by atoms with Crippen molar-refractivity contribution in [1.82, 2.24) is 14.3 Å². The lowest BCUT2D eigenvalue weighted by Gasteiger charge is -2.15. The molecule has 1 N–H and O–H groups in total. The first kappa shape index (κ1) is 26.4. The molecule has 0 atom stereocenters. The number of carbonyl (C=O) groups excluding carboxylic acids is 1. The van der Waals surface area contributed by atoms with E-state index < -0.39 is 0 Å². The summed E-state index contributed by atoms with van der Waals surface area (Å²) in [7, 11) is 0. The molecule has 4 rings (SSSR count). The number of nitrogens with zero attached hydrogens (tertiary/aromatic N) is 3. The van der Waals surface area contributed by atoms with Crippen molar-refractivity contribution in [2.24, 2.45) is 0 Å². The van der Waals surface area contributed by atoms with Crippen molar-refractivity contribution in [2.45, 2.75) is 52.0 Å². The summed E-state index contributed by atoms with van der Waals surface area (Å²) in [6.07, 6.45) is 10.3. The molecular formula is C27H29ClN4O2S2. The van der Waals surface area contributed by atoms with E-state index >= 15 is 0 Å². The molecule has 0 radical (unpaired) electrons. The standard InChI is InChI=1S/C27H29ClN4O2S2/c1-2-3-4-5-6-10-15-29-24-20(25(33)31-16-11-9-14-23(31)30-24)17-22-26(34)32(27(35)36-22)18-19-12-7-8-13-21(19)28/h7-9,11-14,16-17,29H,2-6,10,15,18H2,1H3/b22-17+. The van der Waals surface area contributed by atoms with Crippen molar-refractivity contribution in [2.75, 3.05) is 11.9 Å². The Morgan fingerprint density at radius 3 is 2.61 bits per heavy atom. The summed E-state index contributed by atoms with van der Waals surface area (Å²) < 4.78 is 1.92. The van der Waals surface area contributed by atoms with Gasteiger partial charge in [-0.3, -0.25) is 18.9 Å². The molecule has 1 amide bonds. The van der Waals surface area contributed by atoms with Crippen LogP contribution in [0.2, 0.25) is 5.02 Å². The van der Waals surface area contributed by atoms with Gasteiger partial charge in [0.25, 0.3) is 11.5 Å². The van der Waals surface area contributed by atoms with Gasteiger partial charge >= 0.3 is 0 Å². The number of benzene rings is 1. The minimum Gasteiger partial charge on any atom is -0.369 e. The highest BCUT2D eigenvalue weighted by Gasteiger charge is 2.33. The van der Waals surface area contributed by atoms with Crippen molar-refractivity contribution in [3.63, 3.8) is 0 Å². The molecule has 6 nitrogen and oxygen atoms in total. The SMILES string of the molecule is CCCCCCCCNc1nc2ccccn2c(=O)c1/C=C1/SC(=S)N(Cc2ccccc2Cl)C1=O. The van der Waals surface area contributed by atoms with Crippen molar-refractivity contribution < 1.29 is 4.79 Å². The van der Waals surface area contributed by atoms with E-state index in [0.29, 0.717) is 37.8 Å². The summed E-state index contributed by atoms with van der Waals surface area (Å²) in [6, 6.07) is 12.8. The number of unbranched alkanes of at least 4 members (excludes halogenated alkanes) is 5. The summed E-state index contributed by atoms with van der Waals surface area (Å²) in [5.74, 6) is 0.237. The number of anilines is 1. The predicted molar refractivity (Wildman–Crippen MR) is 153 cm³/mol. The number of hydrogen-bond acceptors (Lipinski definition) is 6. The second-order valence-electron chi connectivity index (χ2n) is 8.66. The number of carbonyl (C=O) groups is 1. The van der Waals surface area contributed by atoms with Crippen LogP contribution in [0.5, 0.6) is 0 Å². The van der Waals surface area contributed by atoms with E-state index in [9.17, 15) is 9.59 Å². The molecule has 1 saturated heterocycles. The van der Waals surface area contributed by atoms with Gasteiger partial charge < -0.3 is 5.32 Å². The molecule has 3 heterocycles. The highest BCUT2D eigenvalue weighted by atomic mass is 35.5. The topological polar surface area (TPSA) is 66.7 Å². The van der Waals surface area contributed by atoms with Crippen LogP contribution in [0.15, 0.2) is 58.4 Å². The van der Waals surface area contributed by atoms with Crippen LogP contribution in [-0.2, 0) is 11.3 Å². The fourth-order valence-electron chi connectivity index (χ4n) is 4.04. The molecule has 1 aliphatic heterocycles. The Labute approximate surface area is 225 Å². The Morgan fingerprint density at radius 2 is 1.81 bits per heavy atom. The normalized spacial score (nSPS) is 14.8. The van der Waals surface area contributed by atoms with Crippen LogP contribution in [0, 0.1) is 0 Å². The molecule has 36 heavy (non-hydrogen) atoms. The van der Waals surface area contributed by atoms with E-state index in [2.05, 4.69) is 12.2 Å². The van der Waals surface area contributed by atoms with Gasteiger partial charge in [-0.1, -0.05) is 98.9 Å². The molecule has 3 aromatic rings. The molecule has 9 heteroatoms. The van der Waals surface area contributed by atoms with Gasteiger partial charge in [-0.15, -0.1) is 0 Å². The van der Waals surface area contributed by atoms with Gasteiger partial charge in [-0.25, -0.2) is 4.98 Å². The maximum absolute atomic E-state index is 13.4. The van der Waals surface area contributed by atoms with Crippen LogP contribution in [0.1, 0.15) is 56.6 Å². The maximum atomic E-state index is 13.4. The molecule has 0 saturated carbocycles. The number of aromatic nitrogens is 2. The number of rotatable bonds is 11. The van der Waals surface area contributed by atoms with Gasteiger partial charge in [0.15, 0.2) is 0 Å². The lowest BCUT2D eigenvalue weighted by Crippen LogP contribution is -2.27. The summed E-state index contributed by atoms with van der Waals surface area (Å²) in [4.78, 5) is 33.3. The zero-order chi connectivity index (χ0) is 25.5. The lowest BCUT2D eigenvalue weighted by atomic mass is 10.1. The molecule has 0 bridgehead atoms. The number of nitrogens with one attached hydrogen (secondary N) is 1. The number of fused-ring (bicyclic) bond motifs is 1. The number of hydrogen-bond donors (Lipinski definition) is 1. The number of thiocarbonyl (C=S) groups is 1. The molecule has 188 valence electrons. The summed E-state index contributed by atoms with van der Waals surface area (Å²) in [5.41, 5.74) is 1.48. The third-order valence-corrected chi connectivity index (χ3v) is 7.77. The predicted octanol–water partition coefficient (Wildman–Crippen LogP) is 6.52. The van der Waals surface area contributed by atoms with Crippen molar-refractivity contribution in [3.05, 3.63) is 80.1 Å². The lowest BCUT2D eigenvalue weighted by molar-refractivity contribution is -0.122. The molecule has 1 fully saturated rings. The van der Waals surface area contributed by atoms with Gasteiger partial charge in [0.1, 0.15) is 15.8 Å². The average molecular weight is 541 g/mol. The van der Waals surface area contributed by atoms with Gasteiger partial charge in [-0.2, -0.15) is 0 Å². The van der Waals surface area contributed by atoms with Crippen LogP contribution in [-0.4, -0.2) is 31.1 Å². The molecule has 0 spiro atoms. The number of thioether (sulfide) groups is 1. The zero-order valence-electron chi connectivity index (χ0n) is 20.2. The Balaban J connectivity index is 1.59. The Kier molecular flexibility index (Phi) is 9.18. The summed E-state index contributed by atoms with van der Waals surface area (Å²) in [6.45, 7) is 3.19. The van der Waals surface area contributed by atoms with Crippen LogP contribution >= 0.6 is 35.6 Å². The molecule has 0 aliphatic carbocycles. The first-order valence-electron chi connectivity index (χ1n) is 12.2. The fraction of sp³-hybridized carbons (Fsp3) is 0.333. The fourth-order valence-corrected chi connectivity index (χ4v) is 5.48. The number of pyridine rings is 1. The third kappa shape index (κ3) is 6.17. The van der Waals surface area contributed by atoms with E-state index in [1.54, 1.807) is 30.5 Å². The van der Waals surface area contributed by atoms with Crippen molar-refractivity contribution >= 4 is 63.3 Å². The average Bonchev–Trinajstić information content (AvgIpc) is 3.14. The largest absolute Gasteiger partial charge is 0.369 e. The first-order valence-corrected chi connectivity index (χ1v) is 13.8. The molecular weight excluding hydrogens is 512 g/mol. The molecule has 0 unspecified atom stereocenters. The van der Waals surface area contributed by atoms with Crippen LogP contribution in [0.25, 0.3) is 11.7 Å². The minimum absolute atomic E-state index is 0.234. The molecule has 2 aromatic heterocycles. The highest BCUT2D eigenvalue weighted by molar-refractivity contribution is 8.26. The van der Waals surface area contributed by atoms with Crippen molar-refractivity contribution in [3.8, 4) is 0 Å². The molecule has 1 aliphatic rings. The van der Waals surface area contributed by atoms with E-state index in [4.69, 9.17) is 28.8 Å². The van der Waals surface area contributed by atoms with Gasteiger partial charge in [0, 0.05) is 17.8 Å². The number of amides is 1. The third-order valence-electron chi connectivity index (χ3n) is 6.03. The van der Waals surface area contributed by atoms with E-state index in [1.807, 2.05) is 24.3 Å². The first-order chi connectivity index (χ1) is 17.5. The van der Waals surface area contributed by atoms with Gasteiger partial charge in [0.05, 0.1) is 17.0 Å². The highest BCUT2D eigenvalue weighted by Crippen LogP contribution is 2.34. The Bertz CT molecular complexity index is 1360. The Hall–Kier alpha value is -2.68. The van der Waals surface area contributed by atoms with Gasteiger partial charge in [-0.05, 0) is 36.3 Å². The van der Waals surface area contributed by atoms with Crippen LogP contribution in [0.3, 0.4) is 0 Å². The smallest absolute Gasteiger partial charge is 0.267 e.